The second-order valence-electron chi connectivity index (χ2n) is 6.82. The average Bonchev–Trinajstić information content (AvgIpc) is 3.03. The summed E-state index contributed by atoms with van der Waals surface area (Å²) in [5, 5.41) is 0.399. The first kappa shape index (κ1) is 19.6. The maximum atomic E-state index is 13.1. The Morgan fingerprint density at radius 2 is 1.87 bits per heavy atom. The Balaban J connectivity index is 2.01. The van der Waals surface area contributed by atoms with Crippen LogP contribution in [0.5, 0.6) is 0 Å². The zero-order chi connectivity index (χ0) is 21.6. The van der Waals surface area contributed by atoms with Crippen molar-refractivity contribution in [1.29, 1.82) is 0 Å². The van der Waals surface area contributed by atoms with E-state index in [1.807, 2.05) is 0 Å². The molecule has 0 saturated heterocycles. The van der Waals surface area contributed by atoms with Crippen LogP contribution < -0.4 is 5.73 Å². The van der Waals surface area contributed by atoms with Gasteiger partial charge in [0.05, 0.1) is 16.8 Å². The number of nitrogens with zero attached hydrogens (tertiary/aromatic N) is 4. The van der Waals surface area contributed by atoms with Crippen LogP contribution in [0.2, 0.25) is 0 Å². The van der Waals surface area contributed by atoms with Gasteiger partial charge in [0, 0.05) is 17.8 Å². The molecule has 4 rings (SSSR count). The third-order valence-corrected chi connectivity index (χ3v) is 4.77. The second kappa shape index (κ2) is 6.94. The third kappa shape index (κ3) is 3.28. The Bertz CT molecular complexity index is 1280. The van der Waals surface area contributed by atoms with Crippen LogP contribution in [0.1, 0.15) is 27.2 Å². The molecule has 1 amide bonds. The van der Waals surface area contributed by atoms with Crippen molar-refractivity contribution in [3.05, 3.63) is 71.2 Å². The van der Waals surface area contributed by atoms with Crippen molar-refractivity contribution in [2.45, 2.75) is 20.0 Å². The summed E-state index contributed by atoms with van der Waals surface area (Å²) >= 11 is 0. The molecule has 4 aromatic rings. The van der Waals surface area contributed by atoms with E-state index in [0.717, 1.165) is 12.1 Å². The minimum Gasteiger partial charge on any atom is -0.365 e. The van der Waals surface area contributed by atoms with Crippen LogP contribution in [0.3, 0.4) is 0 Å². The van der Waals surface area contributed by atoms with E-state index in [4.69, 9.17) is 5.73 Å². The summed E-state index contributed by atoms with van der Waals surface area (Å²) in [5.74, 6) is -0.269. The first-order valence-electron chi connectivity index (χ1n) is 8.96. The molecule has 0 saturated carbocycles. The topological polar surface area (TPSA) is 86.7 Å². The number of halogens is 3. The summed E-state index contributed by atoms with van der Waals surface area (Å²) in [6.45, 7) is 3.31. The van der Waals surface area contributed by atoms with Crippen molar-refractivity contribution >= 4 is 16.8 Å². The molecule has 0 radical (unpaired) electrons. The van der Waals surface area contributed by atoms with Crippen LogP contribution in [0.25, 0.3) is 28.2 Å². The largest absolute Gasteiger partial charge is 0.416 e. The van der Waals surface area contributed by atoms with Gasteiger partial charge in [-0.1, -0.05) is 6.07 Å². The van der Waals surface area contributed by atoms with Gasteiger partial charge < -0.3 is 10.3 Å². The van der Waals surface area contributed by atoms with Crippen LogP contribution in [0, 0.1) is 13.8 Å². The van der Waals surface area contributed by atoms with E-state index in [-0.39, 0.29) is 17.2 Å². The summed E-state index contributed by atoms with van der Waals surface area (Å²) in [7, 11) is 0. The van der Waals surface area contributed by atoms with Crippen molar-refractivity contribution in [2.24, 2.45) is 5.73 Å². The summed E-state index contributed by atoms with van der Waals surface area (Å²) in [4.78, 5) is 25.2. The highest BCUT2D eigenvalue weighted by Gasteiger charge is 2.31. The fourth-order valence-electron chi connectivity index (χ4n) is 3.38. The van der Waals surface area contributed by atoms with Gasteiger partial charge in [0.2, 0.25) is 0 Å². The van der Waals surface area contributed by atoms with Gasteiger partial charge in [0.1, 0.15) is 11.3 Å². The molecule has 30 heavy (non-hydrogen) atoms. The lowest BCUT2D eigenvalue weighted by Gasteiger charge is -2.13. The molecular formula is C21H16F3N5O. The number of carbonyl (C=O) groups excluding carboxylic acids is 1. The van der Waals surface area contributed by atoms with Gasteiger partial charge in [0.25, 0.3) is 5.91 Å². The number of aryl methyl sites for hydroxylation is 2. The Hall–Kier alpha value is -3.75. The molecule has 0 aliphatic heterocycles. The molecule has 0 aliphatic carbocycles. The number of aromatic nitrogens is 4. The molecule has 2 N–H and O–H groups in total. The highest BCUT2D eigenvalue weighted by Crippen LogP contribution is 2.34. The first-order valence-corrected chi connectivity index (χ1v) is 8.96. The predicted octanol–water partition coefficient (Wildman–Crippen LogP) is 4.22. The second-order valence-corrected chi connectivity index (χ2v) is 6.82. The zero-order valence-electron chi connectivity index (χ0n) is 16.0. The predicted molar refractivity (Wildman–Crippen MR) is 105 cm³/mol. The number of pyridine rings is 1. The molecule has 0 bridgehead atoms. The van der Waals surface area contributed by atoms with Crippen molar-refractivity contribution in [3.63, 3.8) is 0 Å². The number of primary amides is 1. The Morgan fingerprint density at radius 1 is 1.10 bits per heavy atom. The molecule has 3 heterocycles. The number of amides is 1. The highest BCUT2D eigenvalue weighted by atomic mass is 19.4. The maximum absolute atomic E-state index is 13.1. The number of rotatable bonds is 3. The normalized spacial score (nSPS) is 11.8. The smallest absolute Gasteiger partial charge is 0.365 e. The number of nitrogens with two attached hydrogens (primary N) is 1. The Kier molecular flexibility index (Phi) is 4.53. The van der Waals surface area contributed by atoms with Gasteiger partial charge in [-0.15, -0.1) is 0 Å². The van der Waals surface area contributed by atoms with E-state index >= 15 is 0 Å². The number of benzene rings is 1. The summed E-state index contributed by atoms with van der Waals surface area (Å²) in [6.07, 6.45) is -1.25. The fraction of sp³-hybridized carbons (Fsp3) is 0.143. The standard InChI is InChI=1S/C21H16F3N5O/c1-11-10-29(16-7-6-13(9-14(11)16)21(22,23)24)20-17(18(25)30)12(2)27-19(28-20)15-5-3-4-8-26-15/h3-10H,1-2H3,(H2,25,30). The van der Waals surface area contributed by atoms with Gasteiger partial charge in [-0.3, -0.25) is 9.78 Å². The minimum absolute atomic E-state index is 0.0893. The molecule has 6 nitrogen and oxygen atoms in total. The first-order chi connectivity index (χ1) is 14.2. The lowest BCUT2D eigenvalue weighted by Crippen LogP contribution is -2.19. The van der Waals surface area contributed by atoms with Crippen LogP contribution in [0.4, 0.5) is 13.2 Å². The summed E-state index contributed by atoms with van der Waals surface area (Å²) < 4.78 is 41.0. The van der Waals surface area contributed by atoms with Crippen molar-refractivity contribution in [3.8, 4) is 17.3 Å². The van der Waals surface area contributed by atoms with Crippen molar-refractivity contribution < 1.29 is 18.0 Å². The molecule has 3 aromatic heterocycles. The zero-order valence-corrected chi connectivity index (χ0v) is 16.0. The summed E-state index contributed by atoms with van der Waals surface area (Å²) in [5.41, 5.74) is 6.82. The number of fused-ring (bicyclic) bond motifs is 1. The van der Waals surface area contributed by atoms with Crippen LogP contribution in [0.15, 0.2) is 48.8 Å². The van der Waals surface area contributed by atoms with Gasteiger partial charge in [-0.25, -0.2) is 9.97 Å². The SMILES string of the molecule is Cc1nc(-c2ccccn2)nc(-n2cc(C)c3cc(C(F)(F)F)ccc32)c1C(N)=O. The van der Waals surface area contributed by atoms with E-state index in [1.165, 1.54) is 6.07 Å². The minimum atomic E-state index is -4.46. The number of carbonyl (C=O) groups is 1. The number of hydrogen-bond donors (Lipinski definition) is 1. The summed E-state index contributed by atoms with van der Waals surface area (Å²) in [6, 6.07) is 8.67. The Morgan fingerprint density at radius 3 is 2.50 bits per heavy atom. The van der Waals surface area contributed by atoms with Gasteiger partial charge in [-0.2, -0.15) is 13.2 Å². The molecule has 9 heteroatoms. The average molecular weight is 411 g/mol. The molecular weight excluding hydrogens is 395 g/mol. The molecule has 0 unspecified atom stereocenters. The van der Waals surface area contributed by atoms with Gasteiger partial charge in [0.15, 0.2) is 11.6 Å². The van der Waals surface area contributed by atoms with Crippen molar-refractivity contribution in [2.75, 3.05) is 0 Å². The molecule has 0 aliphatic rings. The molecule has 1 aromatic carbocycles. The van der Waals surface area contributed by atoms with Crippen LogP contribution >= 0.6 is 0 Å². The molecule has 0 fully saturated rings. The maximum Gasteiger partial charge on any atom is 0.416 e. The third-order valence-electron chi connectivity index (χ3n) is 4.77. The molecule has 0 spiro atoms. The lowest BCUT2D eigenvalue weighted by molar-refractivity contribution is -0.137. The molecule has 0 atom stereocenters. The van der Waals surface area contributed by atoms with E-state index in [9.17, 15) is 18.0 Å². The van der Waals surface area contributed by atoms with Gasteiger partial charge >= 0.3 is 6.18 Å². The van der Waals surface area contributed by atoms with E-state index in [0.29, 0.717) is 27.9 Å². The fourth-order valence-corrected chi connectivity index (χ4v) is 3.38. The quantitative estimate of drug-likeness (QED) is 0.547. The number of alkyl halides is 3. The van der Waals surface area contributed by atoms with E-state index in [1.54, 1.807) is 49.0 Å². The van der Waals surface area contributed by atoms with E-state index < -0.39 is 17.6 Å². The Labute approximate surface area is 169 Å². The van der Waals surface area contributed by atoms with Crippen LogP contribution in [-0.2, 0) is 6.18 Å². The van der Waals surface area contributed by atoms with Crippen LogP contribution in [-0.4, -0.2) is 25.4 Å². The van der Waals surface area contributed by atoms with E-state index in [2.05, 4.69) is 15.0 Å². The van der Waals surface area contributed by atoms with Crippen molar-refractivity contribution in [1.82, 2.24) is 19.5 Å². The lowest BCUT2D eigenvalue weighted by atomic mass is 10.1. The highest BCUT2D eigenvalue weighted by molar-refractivity contribution is 5.98. The molecule has 152 valence electrons. The number of hydrogen-bond acceptors (Lipinski definition) is 4. The monoisotopic (exact) mass is 411 g/mol. The van der Waals surface area contributed by atoms with Gasteiger partial charge in [-0.05, 0) is 49.7 Å².